The summed E-state index contributed by atoms with van der Waals surface area (Å²) in [6.45, 7) is -0.430. The molecule has 6 atom stereocenters. The lowest BCUT2D eigenvalue weighted by atomic mass is 9.99. The van der Waals surface area contributed by atoms with Gasteiger partial charge in [-0.3, -0.25) is 0 Å². The monoisotopic (exact) mass is 358 g/mol. The number of rotatable bonds is 4. The first kappa shape index (κ1) is 17.6. The Bertz CT molecular complexity index is 632. The van der Waals surface area contributed by atoms with Crippen LogP contribution in [0.1, 0.15) is 23.7 Å². The van der Waals surface area contributed by atoms with E-state index in [-0.39, 0.29) is 13.2 Å². The first-order valence-corrected chi connectivity index (χ1v) is 8.73. The van der Waals surface area contributed by atoms with E-state index in [0.717, 1.165) is 11.1 Å². The molecule has 4 rings (SSSR count). The summed E-state index contributed by atoms with van der Waals surface area (Å²) in [7, 11) is 0. The molecule has 0 amide bonds. The maximum atomic E-state index is 9.85. The Kier molecular flexibility index (Phi) is 5.31. The van der Waals surface area contributed by atoms with Crippen molar-refractivity contribution in [2.24, 2.45) is 0 Å². The van der Waals surface area contributed by atoms with Gasteiger partial charge in [-0.25, -0.2) is 0 Å². The molecule has 2 aliphatic rings. The fourth-order valence-corrected chi connectivity index (χ4v) is 3.40. The minimum absolute atomic E-state index is 0.215. The molecule has 0 aromatic heterocycles. The summed E-state index contributed by atoms with van der Waals surface area (Å²) in [5.41, 5.74) is 1.68. The van der Waals surface area contributed by atoms with E-state index < -0.39 is 37.0 Å². The Balaban J connectivity index is 1.59. The first-order chi connectivity index (χ1) is 12.8. The number of hydrogen-bond acceptors (Lipinski definition) is 6. The first-order valence-electron chi connectivity index (χ1n) is 8.73. The summed E-state index contributed by atoms with van der Waals surface area (Å²) < 4.78 is 24.0. The topological polar surface area (TPSA) is 77.4 Å². The normalized spacial score (nSPS) is 34.2. The molecule has 2 aromatic carbocycles. The summed E-state index contributed by atoms with van der Waals surface area (Å²) in [4.78, 5) is 0. The quantitative estimate of drug-likeness (QED) is 0.870. The molecule has 0 saturated carbocycles. The standard InChI is InChI=1S/C20H22O6/c21-11-15-18-17(25-19(23-15)13-7-3-1-4-8-13)16(12-22)24-20(26-18)14-9-5-2-6-10-14/h1-10,15-22H,11-12H2/t15-,16-,17-,18+,19+,20-/m0/s1. The molecule has 138 valence electrons. The van der Waals surface area contributed by atoms with E-state index in [2.05, 4.69) is 0 Å². The minimum Gasteiger partial charge on any atom is -0.394 e. The van der Waals surface area contributed by atoms with Gasteiger partial charge in [0.1, 0.15) is 24.4 Å². The van der Waals surface area contributed by atoms with E-state index in [4.69, 9.17) is 18.9 Å². The lowest BCUT2D eigenvalue weighted by Gasteiger charge is -2.48. The molecule has 2 heterocycles. The third-order valence-corrected chi connectivity index (χ3v) is 4.72. The maximum Gasteiger partial charge on any atom is 0.184 e. The van der Waals surface area contributed by atoms with Gasteiger partial charge in [0, 0.05) is 11.1 Å². The highest BCUT2D eigenvalue weighted by Crippen LogP contribution is 2.40. The maximum absolute atomic E-state index is 9.85. The van der Waals surface area contributed by atoms with Crippen molar-refractivity contribution in [2.75, 3.05) is 13.2 Å². The molecular formula is C20H22O6. The minimum atomic E-state index is -0.649. The highest BCUT2D eigenvalue weighted by atomic mass is 16.8. The molecule has 0 spiro atoms. The van der Waals surface area contributed by atoms with E-state index in [1.807, 2.05) is 60.7 Å². The summed E-state index contributed by atoms with van der Waals surface area (Å²) >= 11 is 0. The van der Waals surface area contributed by atoms with Crippen LogP contribution in [0, 0.1) is 0 Å². The van der Waals surface area contributed by atoms with Crippen LogP contribution in [0.3, 0.4) is 0 Å². The molecule has 2 aliphatic heterocycles. The average molecular weight is 358 g/mol. The van der Waals surface area contributed by atoms with Crippen molar-refractivity contribution in [3.8, 4) is 0 Å². The molecule has 2 saturated heterocycles. The SMILES string of the molecule is OC[C@@H]1O[C@H](c2ccccc2)O[C@H]2[C@H]1O[C@H](c1ccccc1)O[C@H]2CO. The smallest absolute Gasteiger partial charge is 0.184 e. The fourth-order valence-electron chi connectivity index (χ4n) is 3.40. The highest BCUT2D eigenvalue weighted by Gasteiger charge is 2.49. The summed E-state index contributed by atoms with van der Waals surface area (Å²) in [5, 5.41) is 19.7. The van der Waals surface area contributed by atoms with Crippen molar-refractivity contribution in [2.45, 2.75) is 37.0 Å². The largest absolute Gasteiger partial charge is 0.394 e. The number of benzene rings is 2. The third-order valence-electron chi connectivity index (χ3n) is 4.72. The predicted molar refractivity (Wildman–Crippen MR) is 92.0 cm³/mol. The van der Waals surface area contributed by atoms with Crippen molar-refractivity contribution in [1.82, 2.24) is 0 Å². The van der Waals surface area contributed by atoms with Crippen molar-refractivity contribution in [3.05, 3.63) is 71.8 Å². The van der Waals surface area contributed by atoms with E-state index in [9.17, 15) is 10.2 Å². The zero-order valence-electron chi connectivity index (χ0n) is 14.2. The summed E-state index contributed by atoms with van der Waals surface area (Å²) in [6, 6.07) is 19.0. The number of hydrogen-bond donors (Lipinski definition) is 2. The fraction of sp³-hybridized carbons (Fsp3) is 0.400. The van der Waals surface area contributed by atoms with Crippen molar-refractivity contribution in [3.63, 3.8) is 0 Å². The van der Waals surface area contributed by atoms with Crippen LogP contribution in [0.2, 0.25) is 0 Å². The molecule has 6 nitrogen and oxygen atoms in total. The Morgan fingerprint density at radius 3 is 1.31 bits per heavy atom. The Morgan fingerprint density at radius 1 is 0.577 bits per heavy atom. The molecule has 6 heteroatoms. The van der Waals surface area contributed by atoms with E-state index in [1.165, 1.54) is 0 Å². The molecule has 0 aliphatic carbocycles. The average Bonchev–Trinajstić information content (AvgIpc) is 2.73. The molecule has 2 fully saturated rings. The van der Waals surface area contributed by atoms with Crippen molar-refractivity contribution < 1.29 is 29.2 Å². The Hall–Kier alpha value is -1.80. The van der Waals surface area contributed by atoms with Crippen LogP contribution in [-0.2, 0) is 18.9 Å². The molecule has 0 radical (unpaired) electrons. The third kappa shape index (κ3) is 3.40. The lowest BCUT2D eigenvalue weighted by Crippen LogP contribution is -2.59. The van der Waals surface area contributed by atoms with Crippen LogP contribution < -0.4 is 0 Å². The van der Waals surface area contributed by atoms with Gasteiger partial charge in [-0.15, -0.1) is 0 Å². The number of ether oxygens (including phenoxy) is 4. The molecule has 26 heavy (non-hydrogen) atoms. The molecule has 2 aromatic rings. The second kappa shape index (κ2) is 7.84. The van der Waals surface area contributed by atoms with Gasteiger partial charge in [0.2, 0.25) is 0 Å². The number of fused-ring (bicyclic) bond motifs is 1. The van der Waals surface area contributed by atoms with Gasteiger partial charge in [-0.1, -0.05) is 60.7 Å². The predicted octanol–water partition coefficient (Wildman–Crippen LogP) is 1.94. The second-order valence-electron chi connectivity index (χ2n) is 6.40. The Labute approximate surface area is 151 Å². The summed E-state index contributed by atoms with van der Waals surface area (Å²) in [6.07, 6.45) is -3.55. The van der Waals surface area contributed by atoms with Crippen LogP contribution >= 0.6 is 0 Å². The van der Waals surface area contributed by atoms with Gasteiger partial charge >= 0.3 is 0 Å². The van der Waals surface area contributed by atoms with E-state index >= 15 is 0 Å². The molecule has 0 unspecified atom stereocenters. The van der Waals surface area contributed by atoms with Crippen LogP contribution in [0.15, 0.2) is 60.7 Å². The van der Waals surface area contributed by atoms with Crippen LogP contribution in [0.5, 0.6) is 0 Å². The van der Waals surface area contributed by atoms with Crippen LogP contribution in [0.4, 0.5) is 0 Å². The van der Waals surface area contributed by atoms with Gasteiger partial charge in [-0.2, -0.15) is 0 Å². The Morgan fingerprint density at radius 2 is 0.962 bits per heavy atom. The second-order valence-corrected chi connectivity index (χ2v) is 6.40. The van der Waals surface area contributed by atoms with Gasteiger partial charge in [0.15, 0.2) is 12.6 Å². The van der Waals surface area contributed by atoms with Crippen LogP contribution in [-0.4, -0.2) is 47.8 Å². The van der Waals surface area contributed by atoms with Gasteiger partial charge in [0.05, 0.1) is 13.2 Å². The van der Waals surface area contributed by atoms with Crippen molar-refractivity contribution in [1.29, 1.82) is 0 Å². The van der Waals surface area contributed by atoms with Crippen molar-refractivity contribution >= 4 is 0 Å². The number of aliphatic hydroxyl groups is 2. The highest BCUT2D eigenvalue weighted by molar-refractivity contribution is 5.18. The summed E-state index contributed by atoms with van der Waals surface area (Å²) in [5.74, 6) is 0. The van der Waals surface area contributed by atoms with Gasteiger partial charge in [0.25, 0.3) is 0 Å². The molecular weight excluding hydrogens is 336 g/mol. The molecule has 0 bridgehead atoms. The molecule has 2 N–H and O–H groups in total. The van der Waals surface area contributed by atoms with Gasteiger partial charge in [-0.05, 0) is 0 Å². The lowest BCUT2D eigenvalue weighted by molar-refractivity contribution is -0.387. The van der Waals surface area contributed by atoms with Crippen LogP contribution in [0.25, 0.3) is 0 Å². The van der Waals surface area contributed by atoms with E-state index in [1.54, 1.807) is 0 Å². The zero-order valence-corrected chi connectivity index (χ0v) is 14.2. The van der Waals surface area contributed by atoms with Gasteiger partial charge < -0.3 is 29.2 Å². The van der Waals surface area contributed by atoms with E-state index in [0.29, 0.717) is 0 Å². The zero-order chi connectivity index (χ0) is 17.9. The number of aliphatic hydroxyl groups excluding tert-OH is 2.